The molecular formula is C22H23F2N3O3S. The van der Waals surface area contributed by atoms with Crippen LogP contribution >= 0.6 is 0 Å². The van der Waals surface area contributed by atoms with E-state index in [2.05, 4.69) is 10.1 Å². The Labute approximate surface area is 180 Å². The fraction of sp³-hybridized carbons (Fsp3) is 0.318. The smallest absolute Gasteiger partial charge is 0.248 e. The molecule has 6 nitrogen and oxygen atoms in total. The summed E-state index contributed by atoms with van der Waals surface area (Å²) in [6, 6.07) is 12.1. The van der Waals surface area contributed by atoms with Crippen molar-refractivity contribution in [2.75, 3.05) is 26.2 Å². The van der Waals surface area contributed by atoms with Crippen molar-refractivity contribution in [3.63, 3.8) is 0 Å². The number of aromatic nitrogens is 1. The Morgan fingerprint density at radius 3 is 1.77 bits per heavy atom. The van der Waals surface area contributed by atoms with E-state index in [-0.39, 0.29) is 41.4 Å². The largest absolute Gasteiger partial charge is 0.360 e. The SMILES string of the molecule is Cc1noc(C)c1S(=O)(=O)N1CCN(C(c2ccc(F)cc2)c2ccc(F)cc2)CC1. The van der Waals surface area contributed by atoms with Crippen molar-refractivity contribution in [2.24, 2.45) is 0 Å². The van der Waals surface area contributed by atoms with Gasteiger partial charge in [0.1, 0.15) is 22.2 Å². The average Bonchev–Trinajstić information content (AvgIpc) is 3.10. The Morgan fingerprint density at radius 2 is 1.35 bits per heavy atom. The number of aryl methyl sites for hydroxylation is 2. The molecule has 0 unspecified atom stereocenters. The summed E-state index contributed by atoms with van der Waals surface area (Å²) in [4.78, 5) is 2.24. The molecule has 0 atom stereocenters. The second kappa shape index (κ2) is 8.49. The van der Waals surface area contributed by atoms with Crippen LogP contribution in [0.1, 0.15) is 28.6 Å². The molecule has 0 amide bonds. The Bertz CT molecular complexity index is 1090. The summed E-state index contributed by atoms with van der Waals surface area (Å²) in [6.45, 7) is 4.68. The zero-order chi connectivity index (χ0) is 22.2. The quantitative estimate of drug-likeness (QED) is 0.597. The second-order valence-electron chi connectivity index (χ2n) is 7.60. The molecule has 0 radical (unpaired) electrons. The minimum atomic E-state index is -3.72. The van der Waals surface area contributed by atoms with E-state index in [4.69, 9.17) is 4.52 Å². The topological polar surface area (TPSA) is 66.7 Å². The number of sulfonamides is 1. The maximum absolute atomic E-state index is 13.5. The van der Waals surface area contributed by atoms with Crippen LogP contribution in [0.5, 0.6) is 0 Å². The molecule has 9 heteroatoms. The molecule has 1 aromatic heterocycles. The molecule has 0 N–H and O–H groups in total. The highest BCUT2D eigenvalue weighted by molar-refractivity contribution is 7.89. The zero-order valence-corrected chi connectivity index (χ0v) is 18.1. The first-order valence-electron chi connectivity index (χ1n) is 9.95. The molecule has 3 aromatic rings. The molecule has 2 heterocycles. The van der Waals surface area contributed by atoms with Crippen molar-refractivity contribution in [3.8, 4) is 0 Å². The third-order valence-corrected chi connectivity index (χ3v) is 7.72. The van der Waals surface area contributed by atoms with Crippen LogP contribution in [0.25, 0.3) is 0 Å². The maximum Gasteiger partial charge on any atom is 0.248 e. The molecular weight excluding hydrogens is 424 g/mol. The van der Waals surface area contributed by atoms with Crippen molar-refractivity contribution < 1.29 is 21.7 Å². The highest BCUT2D eigenvalue weighted by Gasteiger charge is 2.35. The van der Waals surface area contributed by atoms with Gasteiger partial charge < -0.3 is 4.52 Å². The fourth-order valence-electron chi connectivity index (χ4n) is 4.08. The van der Waals surface area contributed by atoms with Crippen LogP contribution in [0.15, 0.2) is 57.9 Å². The van der Waals surface area contributed by atoms with Gasteiger partial charge in [-0.05, 0) is 49.2 Å². The van der Waals surface area contributed by atoms with E-state index in [9.17, 15) is 17.2 Å². The summed E-state index contributed by atoms with van der Waals surface area (Å²) in [6.07, 6.45) is 0. The summed E-state index contributed by atoms with van der Waals surface area (Å²) in [5, 5.41) is 3.76. The first-order chi connectivity index (χ1) is 14.8. The third kappa shape index (κ3) is 4.26. The van der Waals surface area contributed by atoms with Crippen molar-refractivity contribution in [2.45, 2.75) is 24.8 Å². The molecule has 4 rings (SSSR count). The normalized spacial score (nSPS) is 16.2. The maximum atomic E-state index is 13.5. The van der Waals surface area contributed by atoms with Crippen LogP contribution in [0.2, 0.25) is 0 Å². The molecule has 1 aliphatic rings. The Kier molecular flexibility index (Phi) is 5.92. The lowest BCUT2D eigenvalue weighted by Crippen LogP contribution is -2.49. The standard InChI is InChI=1S/C22H23F2N3O3S/c1-15-22(16(2)30-25-15)31(28,29)27-13-11-26(12-14-27)21(17-3-7-19(23)8-4-17)18-5-9-20(24)10-6-18/h3-10,21H,11-14H2,1-2H3. The number of hydrogen-bond donors (Lipinski definition) is 0. The highest BCUT2D eigenvalue weighted by Crippen LogP contribution is 2.31. The molecule has 1 aliphatic heterocycles. The van der Waals surface area contributed by atoms with Crippen LogP contribution in [0, 0.1) is 25.5 Å². The third-order valence-electron chi connectivity index (χ3n) is 5.58. The van der Waals surface area contributed by atoms with E-state index < -0.39 is 10.0 Å². The lowest BCUT2D eigenvalue weighted by atomic mass is 9.96. The molecule has 2 aromatic carbocycles. The van der Waals surface area contributed by atoms with E-state index in [1.54, 1.807) is 38.1 Å². The minimum absolute atomic E-state index is 0.120. The summed E-state index contributed by atoms with van der Waals surface area (Å²) < 4.78 is 59.6. The Morgan fingerprint density at radius 1 is 0.871 bits per heavy atom. The molecule has 1 fully saturated rings. The number of nitrogens with zero attached hydrogens (tertiary/aromatic N) is 3. The number of benzene rings is 2. The van der Waals surface area contributed by atoms with Crippen molar-refractivity contribution >= 4 is 10.0 Å². The van der Waals surface area contributed by atoms with Crippen LogP contribution < -0.4 is 0 Å². The van der Waals surface area contributed by atoms with Gasteiger partial charge in [0.25, 0.3) is 0 Å². The monoisotopic (exact) mass is 447 g/mol. The molecule has 0 aliphatic carbocycles. The molecule has 164 valence electrons. The van der Waals surface area contributed by atoms with Gasteiger partial charge >= 0.3 is 0 Å². The molecule has 31 heavy (non-hydrogen) atoms. The summed E-state index contributed by atoms with van der Waals surface area (Å²) in [5.41, 5.74) is 2.06. The number of piperazine rings is 1. The van der Waals surface area contributed by atoms with Gasteiger partial charge in [-0.25, -0.2) is 17.2 Å². The van der Waals surface area contributed by atoms with E-state index >= 15 is 0 Å². The zero-order valence-electron chi connectivity index (χ0n) is 17.3. The summed E-state index contributed by atoms with van der Waals surface area (Å²) in [7, 11) is -3.72. The second-order valence-corrected chi connectivity index (χ2v) is 9.47. The fourth-order valence-corrected chi connectivity index (χ4v) is 5.79. The lowest BCUT2D eigenvalue weighted by Gasteiger charge is -2.39. The van der Waals surface area contributed by atoms with Crippen molar-refractivity contribution in [3.05, 3.63) is 82.7 Å². The Hall–Kier alpha value is -2.62. The first-order valence-corrected chi connectivity index (χ1v) is 11.4. The van der Waals surface area contributed by atoms with E-state index in [1.165, 1.54) is 28.6 Å². The summed E-state index contributed by atoms with van der Waals surface area (Å²) in [5.74, 6) is -0.399. The van der Waals surface area contributed by atoms with Crippen molar-refractivity contribution in [1.29, 1.82) is 0 Å². The van der Waals surface area contributed by atoms with E-state index in [1.807, 2.05) is 0 Å². The number of halogens is 2. The van der Waals surface area contributed by atoms with Gasteiger partial charge in [0, 0.05) is 26.2 Å². The molecule has 1 saturated heterocycles. The van der Waals surface area contributed by atoms with Gasteiger partial charge in [0.05, 0.1) is 6.04 Å². The van der Waals surface area contributed by atoms with Crippen LogP contribution in [-0.4, -0.2) is 49.0 Å². The first kappa shape index (κ1) is 21.6. The van der Waals surface area contributed by atoms with Gasteiger partial charge in [0.15, 0.2) is 5.76 Å². The molecule has 0 saturated carbocycles. The lowest BCUT2D eigenvalue weighted by molar-refractivity contribution is 0.155. The van der Waals surface area contributed by atoms with Gasteiger partial charge in [-0.1, -0.05) is 29.4 Å². The predicted molar refractivity (Wildman–Crippen MR) is 111 cm³/mol. The Balaban J connectivity index is 1.59. The van der Waals surface area contributed by atoms with Crippen LogP contribution in [-0.2, 0) is 10.0 Å². The van der Waals surface area contributed by atoms with Gasteiger partial charge in [0.2, 0.25) is 10.0 Å². The van der Waals surface area contributed by atoms with E-state index in [0.717, 1.165) is 11.1 Å². The number of rotatable bonds is 5. The number of hydrogen-bond acceptors (Lipinski definition) is 5. The van der Waals surface area contributed by atoms with E-state index in [0.29, 0.717) is 18.8 Å². The van der Waals surface area contributed by atoms with Crippen LogP contribution in [0.4, 0.5) is 8.78 Å². The highest BCUT2D eigenvalue weighted by atomic mass is 32.2. The predicted octanol–water partition coefficient (Wildman–Crippen LogP) is 3.67. The summed E-state index contributed by atoms with van der Waals surface area (Å²) >= 11 is 0. The average molecular weight is 448 g/mol. The van der Waals surface area contributed by atoms with Gasteiger partial charge in [-0.2, -0.15) is 4.31 Å². The van der Waals surface area contributed by atoms with Crippen LogP contribution in [0.3, 0.4) is 0 Å². The molecule has 0 bridgehead atoms. The van der Waals surface area contributed by atoms with Gasteiger partial charge in [-0.15, -0.1) is 0 Å². The minimum Gasteiger partial charge on any atom is -0.360 e. The van der Waals surface area contributed by atoms with Crippen molar-refractivity contribution in [1.82, 2.24) is 14.4 Å². The van der Waals surface area contributed by atoms with Gasteiger partial charge in [-0.3, -0.25) is 4.90 Å². The molecule has 0 spiro atoms.